The number of aliphatic hydroxyl groups is 1. The van der Waals surface area contributed by atoms with Gasteiger partial charge < -0.3 is 15.7 Å². The van der Waals surface area contributed by atoms with Crippen molar-refractivity contribution in [2.24, 2.45) is 5.73 Å². The third-order valence-corrected chi connectivity index (χ3v) is 2.82. The third kappa shape index (κ3) is 3.19. The van der Waals surface area contributed by atoms with Crippen LogP contribution in [0.4, 0.5) is 5.69 Å². The minimum absolute atomic E-state index is 0.0151. The molecule has 1 aromatic rings. The van der Waals surface area contributed by atoms with Crippen LogP contribution in [0, 0.1) is 0 Å². The Kier molecular flexibility index (Phi) is 4.57. The lowest BCUT2D eigenvalue weighted by Gasteiger charge is -2.23. The van der Waals surface area contributed by atoms with E-state index in [1.807, 2.05) is 37.1 Å². The fraction of sp³-hybridized carbons (Fsp3) is 0.455. The van der Waals surface area contributed by atoms with Crippen molar-refractivity contribution in [1.82, 2.24) is 0 Å². The number of anilines is 1. The van der Waals surface area contributed by atoms with Gasteiger partial charge in [0.1, 0.15) is 0 Å². The second-order valence-corrected chi connectivity index (χ2v) is 4.55. The van der Waals surface area contributed by atoms with Crippen molar-refractivity contribution in [3.05, 3.63) is 28.2 Å². The maximum atomic E-state index is 8.90. The first-order valence-electron chi connectivity index (χ1n) is 4.93. The second kappa shape index (κ2) is 5.49. The highest BCUT2D eigenvalue weighted by Crippen LogP contribution is 2.27. The van der Waals surface area contributed by atoms with Gasteiger partial charge in [-0.25, -0.2) is 0 Å². The summed E-state index contributed by atoms with van der Waals surface area (Å²) in [6, 6.07) is 6.00. The van der Waals surface area contributed by atoms with Gasteiger partial charge in [-0.15, -0.1) is 0 Å². The number of nitrogens with two attached hydrogens (primary N) is 1. The molecule has 1 atom stereocenters. The molecule has 1 rings (SSSR count). The molecular formula is C11H17BrN2O. The van der Waals surface area contributed by atoms with Crippen molar-refractivity contribution >= 4 is 21.6 Å². The Hall–Kier alpha value is -0.580. The van der Waals surface area contributed by atoms with Gasteiger partial charge in [-0.3, -0.25) is 0 Å². The Morgan fingerprint density at radius 1 is 1.53 bits per heavy atom. The molecule has 0 heterocycles. The molecule has 0 aliphatic carbocycles. The molecule has 3 nitrogen and oxygen atoms in total. The average Bonchev–Trinajstić information content (AvgIpc) is 2.17. The Morgan fingerprint density at radius 2 is 2.20 bits per heavy atom. The van der Waals surface area contributed by atoms with Crippen molar-refractivity contribution in [1.29, 1.82) is 0 Å². The van der Waals surface area contributed by atoms with Crippen LogP contribution in [0.2, 0.25) is 0 Å². The summed E-state index contributed by atoms with van der Waals surface area (Å²) >= 11 is 3.43. The van der Waals surface area contributed by atoms with Crippen molar-refractivity contribution in [3.63, 3.8) is 0 Å². The number of benzene rings is 1. The monoisotopic (exact) mass is 272 g/mol. The summed E-state index contributed by atoms with van der Waals surface area (Å²) < 4.78 is 1.02. The Morgan fingerprint density at radius 3 is 2.73 bits per heavy atom. The standard InChI is InChI=1S/C11H17BrN2O/c1-8(13)10-7-9(12)3-4-11(10)14(2)5-6-15/h3-4,7-8,15H,5-6,13H2,1-2H3. The number of halogens is 1. The summed E-state index contributed by atoms with van der Waals surface area (Å²) in [6.07, 6.45) is 0. The van der Waals surface area contributed by atoms with Crippen molar-refractivity contribution < 1.29 is 5.11 Å². The highest BCUT2D eigenvalue weighted by molar-refractivity contribution is 9.10. The molecule has 0 spiro atoms. The van der Waals surface area contributed by atoms with Gasteiger partial charge in [0.25, 0.3) is 0 Å². The molecule has 0 bridgehead atoms. The van der Waals surface area contributed by atoms with Crippen LogP contribution in [0.5, 0.6) is 0 Å². The van der Waals surface area contributed by atoms with Crippen LogP contribution in [0.25, 0.3) is 0 Å². The smallest absolute Gasteiger partial charge is 0.0606 e. The maximum Gasteiger partial charge on any atom is 0.0606 e. The van der Waals surface area contributed by atoms with E-state index >= 15 is 0 Å². The first-order valence-corrected chi connectivity index (χ1v) is 5.72. The van der Waals surface area contributed by atoms with Crippen LogP contribution in [-0.2, 0) is 0 Å². The normalized spacial score (nSPS) is 12.6. The number of likely N-dealkylation sites (N-methyl/N-ethyl adjacent to an activating group) is 1. The summed E-state index contributed by atoms with van der Waals surface area (Å²) in [5.74, 6) is 0. The van der Waals surface area contributed by atoms with Crippen molar-refractivity contribution in [3.8, 4) is 0 Å². The van der Waals surface area contributed by atoms with Gasteiger partial charge in [0, 0.05) is 29.8 Å². The second-order valence-electron chi connectivity index (χ2n) is 3.64. The zero-order valence-corrected chi connectivity index (χ0v) is 10.7. The summed E-state index contributed by atoms with van der Waals surface area (Å²) in [5, 5.41) is 8.90. The highest BCUT2D eigenvalue weighted by atomic mass is 79.9. The first-order chi connectivity index (χ1) is 7.06. The number of hydrogen-bond donors (Lipinski definition) is 2. The molecule has 0 aliphatic heterocycles. The van der Waals surface area contributed by atoms with Gasteiger partial charge >= 0.3 is 0 Å². The number of rotatable bonds is 4. The Labute approximate surface area is 99.0 Å². The highest BCUT2D eigenvalue weighted by Gasteiger charge is 2.10. The van der Waals surface area contributed by atoms with E-state index in [0.29, 0.717) is 6.54 Å². The molecule has 3 N–H and O–H groups in total. The molecule has 0 saturated heterocycles. The topological polar surface area (TPSA) is 49.5 Å². The van der Waals surface area contributed by atoms with Gasteiger partial charge in [-0.1, -0.05) is 15.9 Å². The SMILES string of the molecule is CC(N)c1cc(Br)ccc1N(C)CCO. The fourth-order valence-electron chi connectivity index (χ4n) is 1.51. The summed E-state index contributed by atoms with van der Waals surface area (Å²) in [6.45, 7) is 2.71. The molecule has 0 saturated carbocycles. The number of aliphatic hydroxyl groups excluding tert-OH is 1. The molecule has 0 aliphatic rings. The molecular weight excluding hydrogens is 256 g/mol. The Bertz CT molecular complexity index is 328. The zero-order valence-electron chi connectivity index (χ0n) is 9.07. The van der Waals surface area contributed by atoms with Gasteiger partial charge in [0.2, 0.25) is 0 Å². The maximum absolute atomic E-state index is 8.90. The lowest BCUT2D eigenvalue weighted by molar-refractivity contribution is 0.304. The predicted octanol–water partition coefficient (Wildman–Crippen LogP) is 1.90. The Balaban J connectivity index is 3.05. The van der Waals surface area contributed by atoms with E-state index < -0.39 is 0 Å². The average molecular weight is 273 g/mol. The minimum atomic E-state index is -0.0151. The summed E-state index contributed by atoms with van der Waals surface area (Å²) in [7, 11) is 1.95. The van der Waals surface area contributed by atoms with E-state index in [-0.39, 0.29) is 12.6 Å². The lowest BCUT2D eigenvalue weighted by Crippen LogP contribution is -2.23. The van der Waals surface area contributed by atoms with E-state index in [1.165, 1.54) is 0 Å². The molecule has 0 fully saturated rings. The molecule has 0 radical (unpaired) electrons. The van der Waals surface area contributed by atoms with Crippen molar-refractivity contribution in [2.75, 3.05) is 25.1 Å². The van der Waals surface area contributed by atoms with Gasteiger partial charge in [0.05, 0.1) is 6.61 Å². The quantitative estimate of drug-likeness (QED) is 0.880. The first kappa shape index (κ1) is 12.5. The van der Waals surface area contributed by atoms with E-state index in [9.17, 15) is 0 Å². The van der Waals surface area contributed by atoms with Crippen LogP contribution in [0.3, 0.4) is 0 Å². The van der Waals surface area contributed by atoms with Crippen molar-refractivity contribution in [2.45, 2.75) is 13.0 Å². The largest absolute Gasteiger partial charge is 0.395 e. The van der Waals surface area contributed by atoms with Gasteiger partial charge in [0.15, 0.2) is 0 Å². The zero-order chi connectivity index (χ0) is 11.4. The molecule has 1 unspecified atom stereocenters. The van der Waals surface area contributed by atoms with Crippen LogP contribution in [0.1, 0.15) is 18.5 Å². The predicted molar refractivity (Wildman–Crippen MR) is 67.1 cm³/mol. The van der Waals surface area contributed by atoms with Crippen LogP contribution >= 0.6 is 15.9 Å². The third-order valence-electron chi connectivity index (χ3n) is 2.33. The summed E-state index contributed by atoms with van der Waals surface area (Å²) in [5.41, 5.74) is 8.06. The summed E-state index contributed by atoms with van der Waals surface area (Å²) in [4.78, 5) is 2.01. The van der Waals surface area contributed by atoms with E-state index in [4.69, 9.17) is 10.8 Å². The number of hydrogen-bond acceptors (Lipinski definition) is 3. The van der Waals surface area contributed by atoms with Crippen LogP contribution < -0.4 is 10.6 Å². The van der Waals surface area contributed by atoms with Crippen LogP contribution in [0.15, 0.2) is 22.7 Å². The van der Waals surface area contributed by atoms with Gasteiger partial charge in [-0.2, -0.15) is 0 Å². The molecule has 15 heavy (non-hydrogen) atoms. The lowest BCUT2D eigenvalue weighted by atomic mass is 10.1. The minimum Gasteiger partial charge on any atom is -0.395 e. The molecule has 0 amide bonds. The number of nitrogens with zero attached hydrogens (tertiary/aromatic N) is 1. The molecule has 1 aromatic carbocycles. The van der Waals surface area contributed by atoms with Crippen LogP contribution in [-0.4, -0.2) is 25.3 Å². The molecule has 4 heteroatoms. The fourth-order valence-corrected chi connectivity index (χ4v) is 1.89. The molecule has 0 aromatic heterocycles. The van der Waals surface area contributed by atoms with E-state index in [2.05, 4.69) is 15.9 Å². The van der Waals surface area contributed by atoms with E-state index in [0.717, 1.165) is 15.7 Å². The molecule has 84 valence electrons. The van der Waals surface area contributed by atoms with E-state index in [1.54, 1.807) is 0 Å². The van der Waals surface area contributed by atoms with Gasteiger partial charge in [-0.05, 0) is 30.7 Å².